The summed E-state index contributed by atoms with van der Waals surface area (Å²) in [6, 6.07) is 9.47. The lowest BCUT2D eigenvalue weighted by molar-refractivity contribution is -0.160. The van der Waals surface area contributed by atoms with Gasteiger partial charge in [0, 0.05) is 35.0 Å². The van der Waals surface area contributed by atoms with E-state index in [1.54, 1.807) is 56.3 Å². The average Bonchev–Trinajstić information content (AvgIpc) is 3.35. The molecule has 0 spiro atoms. The molecule has 1 fully saturated rings. The number of methoxy groups -OCH3 is 1. The maximum absolute atomic E-state index is 13.7. The number of esters is 1. The number of aliphatic hydroxyl groups is 1. The first-order valence-corrected chi connectivity index (χ1v) is 14.0. The number of aliphatic carboxylic acids is 1. The monoisotopic (exact) mass is 608 g/mol. The Hall–Kier alpha value is -3.34. The van der Waals surface area contributed by atoms with Gasteiger partial charge in [-0.15, -0.1) is 0 Å². The van der Waals surface area contributed by atoms with E-state index < -0.39 is 47.4 Å². The summed E-state index contributed by atoms with van der Waals surface area (Å²) in [5.74, 6) is -2.88. The first-order chi connectivity index (χ1) is 19.5. The Morgan fingerprint density at radius 3 is 2.22 bits per heavy atom. The molecule has 1 saturated heterocycles. The van der Waals surface area contributed by atoms with E-state index in [-0.39, 0.29) is 38.8 Å². The lowest BCUT2D eigenvalue weighted by atomic mass is 9.79. The molecule has 10 nitrogen and oxygen atoms in total. The summed E-state index contributed by atoms with van der Waals surface area (Å²) >= 11 is 12.4. The first-order valence-electron chi connectivity index (χ1n) is 13.2. The van der Waals surface area contributed by atoms with Crippen LogP contribution in [0, 0.1) is 5.41 Å². The molecule has 3 N–H and O–H groups in total. The molecule has 0 aromatic heterocycles. The van der Waals surface area contributed by atoms with Gasteiger partial charge in [-0.3, -0.25) is 9.59 Å². The number of hydrogen-bond donors (Lipinski definition) is 3. The van der Waals surface area contributed by atoms with Gasteiger partial charge in [0.25, 0.3) is 0 Å². The number of halogens is 2. The van der Waals surface area contributed by atoms with Crippen LogP contribution < -0.4 is 10.1 Å². The van der Waals surface area contributed by atoms with E-state index >= 15 is 0 Å². The van der Waals surface area contributed by atoms with Crippen molar-refractivity contribution in [2.75, 3.05) is 13.7 Å². The lowest BCUT2D eigenvalue weighted by Gasteiger charge is -2.35. The SMILES string of the molecule is CCC(CC)(C(=O)NC(Cc1ccc(OCc2c(Cl)cccc2Cl)cc1)C(=O)O)C(=O)N1CC(O)CC1C(=O)OC. The zero-order valence-electron chi connectivity index (χ0n) is 23.1. The van der Waals surface area contributed by atoms with E-state index in [0.717, 1.165) is 4.90 Å². The number of carbonyl (C=O) groups excluding carboxylic acids is 3. The minimum Gasteiger partial charge on any atom is -0.489 e. The number of likely N-dealkylation sites (tertiary alicyclic amines) is 1. The summed E-state index contributed by atoms with van der Waals surface area (Å²) in [4.78, 5) is 52.8. The van der Waals surface area contributed by atoms with Gasteiger partial charge in [0.15, 0.2) is 0 Å². The zero-order chi connectivity index (χ0) is 30.3. The van der Waals surface area contributed by atoms with Gasteiger partial charge < -0.3 is 29.9 Å². The summed E-state index contributed by atoms with van der Waals surface area (Å²) in [5.41, 5.74) is -0.388. The van der Waals surface area contributed by atoms with Crippen LogP contribution in [0.3, 0.4) is 0 Å². The largest absolute Gasteiger partial charge is 0.489 e. The second kappa shape index (κ2) is 14.0. The van der Waals surface area contributed by atoms with Gasteiger partial charge in [-0.25, -0.2) is 9.59 Å². The third-order valence-electron chi connectivity index (χ3n) is 7.48. The van der Waals surface area contributed by atoms with Crippen molar-refractivity contribution >= 4 is 47.0 Å². The van der Waals surface area contributed by atoms with Crippen LogP contribution >= 0.6 is 23.2 Å². The van der Waals surface area contributed by atoms with Crippen molar-refractivity contribution in [2.24, 2.45) is 5.41 Å². The molecular formula is C29H34Cl2N2O8. The summed E-state index contributed by atoms with van der Waals surface area (Å²) in [5, 5.41) is 23.5. The Morgan fingerprint density at radius 2 is 1.68 bits per heavy atom. The molecule has 222 valence electrons. The van der Waals surface area contributed by atoms with Gasteiger partial charge in [-0.05, 0) is 42.7 Å². The highest BCUT2D eigenvalue weighted by molar-refractivity contribution is 6.35. The van der Waals surface area contributed by atoms with E-state index in [1.807, 2.05) is 0 Å². The van der Waals surface area contributed by atoms with Crippen molar-refractivity contribution in [2.45, 2.75) is 64.3 Å². The number of carbonyl (C=O) groups is 4. The molecular weight excluding hydrogens is 575 g/mol. The molecule has 1 aliphatic heterocycles. The van der Waals surface area contributed by atoms with Gasteiger partial charge in [-0.1, -0.05) is 55.2 Å². The van der Waals surface area contributed by atoms with Crippen LogP contribution in [0.4, 0.5) is 0 Å². The number of aliphatic hydroxyl groups excluding tert-OH is 1. The summed E-state index contributed by atoms with van der Waals surface area (Å²) in [6.07, 6.45) is -0.891. The minimum atomic E-state index is -1.64. The predicted octanol–water partition coefficient (Wildman–Crippen LogP) is 3.63. The second-order valence-corrected chi connectivity index (χ2v) is 10.7. The van der Waals surface area contributed by atoms with Crippen LogP contribution in [0.1, 0.15) is 44.2 Å². The number of hydrogen-bond acceptors (Lipinski definition) is 7. The Balaban J connectivity index is 1.72. The van der Waals surface area contributed by atoms with E-state index in [0.29, 0.717) is 26.9 Å². The number of nitrogens with one attached hydrogen (secondary N) is 1. The van der Waals surface area contributed by atoms with E-state index in [2.05, 4.69) is 5.32 Å². The van der Waals surface area contributed by atoms with Gasteiger partial charge in [-0.2, -0.15) is 0 Å². The van der Waals surface area contributed by atoms with Crippen LogP contribution in [0.15, 0.2) is 42.5 Å². The molecule has 41 heavy (non-hydrogen) atoms. The molecule has 0 radical (unpaired) electrons. The Labute approximate surface area is 248 Å². The van der Waals surface area contributed by atoms with Crippen molar-refractivity contribution < 1.29 is 38.9 Å². The molecule has 3 rings (SSSR count). The minimum absolute atomic E-state index is 0.00751. The highest BCUT2D eigenvalue weighted by Crippen LogP contribution is 2.34. The number of nitrogens with zero attached hydrogens (tertiary/aromatic N) is 1. The Morgan fingerprint density at radius 1 is 1.07 bits per heavy atom. The smallest absolute Gasteiger partial charge is 0.328 e. The predicted molar refractivity (Wildman–Crippen MR) is 152 cm³/mol. The third kappa shape index (κ3) is 7.30. The summed E-state index contributed by atoms with van der Waals surface area (Å²) in [6.45, 7) is 3.30. The molecule has 1 aliphatic rings. The molecule has 3 unspecified atom stereocenters. The number of amides is 2. The average molecular weight is 610 g/mol. The van der Waals surface area contributed by atoms with Crippen LogP contribution in [0.5, 0.6) is 5.75 Å². The Kier molecular flexibility index (Phi) is 11.0. The molecule has 2 amide bonds. The fourth-order valence-corrected chi connectivity index (χ4v) is 5.43. The number of rotatable bonds is 12. The normalized spacial score (nSPS) is 17.6. The molecule has 0 aliphatic carbocycles. The van der Waals surface area contributed by atoms with Gasteiger partial charge in [0.2, 0.25) is 11.8 Å². The van der Waals surface area contributed by atoms with Crippen LogP contribution in [0.2, 0.25) is 10.0 Å². The number of carboxylic acid groups (broad SMARTS) is 1. The second-order valence-electron chi connectivity index (χ2n) is 9.88. The highest BCUT2D eigenvalue weighted by Gasteiger charge is 2.51. The van der Waals surface area contributed by atoms with Crippen molar-refractivity contribution in [1.82, 2.24) is 10.2 Å². The quantitative estimate of drug-likeness (QED) is 0.245. The van der Waals surface area contributed by atoms with Crippen molar-refractivity contribution in [3.05, 3.63) is 63.6 Å². The number of benzene rings is 2. The third-order valence-corrected chi connectivity index (χ3v) is 8.18. The first kappa shape index (κ1) is 32.2. The summed E-state index contributed by atoms with van der Waals surface area (Å²) < 4.78 is 10.5. The molecule has 3 atom stereocenters. The van der Waals surface area contributed by atoms with E-state index in [4.69, 9.17) is 32.7 Å². The van der Waals surface area contributed by atoms with E-state index in [1.165, 1.54) is 7.11 Å². The molecule has 2 aromatic rings. The standard InChI is InChI=1S/C29H34Cl2N2O8/c1-4-29(5-2,28(39)33-15-18(34)14-24(33)26(37)40-3)27(38)32-23(25(35)36)13-17-9-11-19(12-10-17)41-16-20-21(30)7-6-8-22(20)31/h6-12,18,23-24,34H,4-5,13-16H2,1-3H3,(H,32,38)(H,35,36). The molecule has 1 heterocycles. The number of carboxylic acids is 1. The maximum atomic E-state index is 13.7. The van der Waals surface area contributed by atoms with Crippen molar-refractivity contribution in [1.29, 1.82) is 0 Å². The Bertz CT molecular complexity index is 1250. The van der Waals surface area contributed by atoms with E-state index in [9.17, 15) is 29.4 Å². The molecule has 2 aromatic carbocycles. The van der Waals surface area contributed by atoms with Gasteiger partial charge in [0.05, 0.1) is 13.2 Å². The maximum Gasteiger partial charge on any atom is 0.328 e. The van der Waals surface area contributed by atoms with Gasteiger partial charge >= 0.3 is 11.9 Å². The molecule has 12 heteroatoms. The highest BCUT2D eigenvalue weighted by atomic mass is 35.5. The van der Waals surface area contributed by atoms with Crippen LogP contribution in [-0.2, 0) is 36.9 Å². The summed E-state index contributed by atoms with van der Waals surface area (Å²) in [7, 11) is 1.18. The van der Waals surface area contributed by atoms with Crippen LogP contribution in [-0.4, -0.2) is 70.7 Å². The fourth-order valence-electron chi connectivity index (χ4n) is 4.92. The topological polar surface area (TPSA) is 142 Å². The van der Waals surface area contributed by atoms with Crippen molar-refractivity contribution in [3.63, 3.8) is 0 Å². The number of ether oxygens (including phenoxy) is 2. The van der Waals surface area contributed by atoms with Gasteiger partial charge in [0.1, 0.15) is 29.9 Å². The fraction of sp³-hybridized carbons (Fsp3) is 0.448. The molecule has 0 saturated carbocycles. The van der Waals surface area contributed by atoms with Crippen LogP contribution in [0.25, 0.3) is 0 Å². The van der Waals surface area contributed by atoms with Crippen molar-refractivity contribution in [3.8, 4) is 5.75 Å². The number of β-amino-alcohol motifs (C(OH)–C–C–N with tert-alkyl or cyclic N) is 1. The lowest BCUT2D eigenvalue weighted by Crippen LogP contribution is -2.57. The zero-order valence-corrected chi connectivity index (χ0v) is 24.6. The molecule has 0 bridgehead atoms.